The smallest absolute Gasteiger partial charge is 0.127 e. The fraction of sp³-hybridized carbons (Fsp3) is 0.0667. The Labute approximate surface area is 99.2 Å². The zero-order valence-corrected chi connectivity index (χ0v) is 9.19. The van der Waals surface area contributed by atoms with Crippen LogP contribution in [0.3, 0.4) is 0 Å². The van der Waals surface area contributed by atoms with Crippen LogP contribution >= 0.6 is 0 Å². The molecule has 0 fully saturated rings. The van der Waals surface area contributed by atoms with Crippen molar-refractivity contribution in [2.24, 2.45) is 0 Å². The van der Waals surface area contributed by atoms with Gasteiger partial charge in [0.25, 0.3) is 0 Å². The van der Waals surface area contributed by atoms with Crippen LogP contribution in [-0.4, -0.2) is 6.61 Å². The summed E-state index contributed by atoms with van der Waals surface area (Å²) in [4.78, 5) is 0. The molecule has 1 aliphatic rings. The molecule has 0 spiro atoms. The van der Waals surface area contributed by atoms with Gasteiger partial charge in [-0.25, -0.2) is 4.39 Å². The van der Waals surface area contributed by atoms with E-state index in [1.165, 1.54) is 12.1 Å². The van der Waals surface area contributed by atoms with E-state index in [9.17, 15) is 4.39 Å². The van der Waals surface area contributed by atoms with E-state index in [1.54, 1.807) is 6.07 Å². The Morgan fingerprint density at radius 3 is 2.65 bits per heavy atom. The highest BCUT2D eigenvalue weighted by Crippen LogP contribution is 2.34. The van der Waals surface area contributed by atoms with Gasteiger partial charge in [0.15, 0.2) is 0 Å². The van der Waals surface area contributed by atoms with Crippen LogP contribution in [0.5, 0.6) is 5.75 Å². The average molecular weight is 226 g/mol. The van der Waals surface area contributed by atoms with Crippen molar-refractivity contribution >= 4 is 5.57 Å². The minimum Gasteiger partial charge on any atom is -0.489 e. The summed E-state index contributed by atoms with van der Waals surface area (Å²) in [7, 11) is 0. The van der Waals surface area contributed by atoms with E-state index in [0.717, 1.165) is 22.4 Å². The molecule has 0 aromatic heterocycles. The molecular weight excluding hydrogens is 215 g/mol. The molecule has 0 aliphatic carbocycles. The van der Waals surface area contributed by atoms with Crippen LogP contribution in [0.1, 0.15) is 11.1 Å². The predicted molar refractivity (Wildman–Crippen MR) is 65.4 cm³/mol. The summed E-state index contributed by atoms with van der Waals surface area (Å²) in [6.07, 6.45) is 1.98. The maximum absolute atomic E-state index is 13.3. The lowest BCUT2D eigenvalue weighted by Gasteiger charge is -2.18. The SMILES string of the molecule is Fc1ccc2c(c1)C(c1ccccc1)=CCO2. The highest BCUT2D eigenvalue weighted by Gasteiger charge is 2.15. The lowest BCUT2D eigenvalue weighted by Crippen LogP contribution is -2.05. The third-order valence-electron chi connectivity index (χ3n) is 2.84. The molecule has 2 aromatic carbocycles. The van der Waals surface area contributed by atoms with Crippen molar-refractivity contribution in [3.63, 3.8) is 0 Å². The van der Waals surface area contributed by atoms with E-state index >= 15 is 0 Å². The number of hydrogen-bond donors (Lipinski definition) is 0. The van der Waals surface area contributed by atoms with Crippen LogP contribution in [0, 0.1) is 5.82 Å². The van der Waals surface area contributed by atoms with Gasteiger partial charge < -0.3 is 4.74 Å². The van der Waals surface area contributed by atoms with Crippen LogP contribution in [0.25, 0.3) is 5.57 Å². The van der Waals surface area contributed by atoms with Gasteiger partial charge in [-0.1, -0.05) is 30.3 Å². The maximum Gasteiger partial charge on any atom is 0.127 e. The molecule has 3 rings (SSSR count). The van der Waals surface area contributed by atoms with Crippen LogP contribution in [0.15, 0.2) is 54.6 Å². The van der Waals surface area contributed by atoms with E-state index in [4.69, 9.17) is 4.74 Å². The molecule has 0 saturated carbocycles. The quantitative estimate of drug-likeness (QED) is 0.721. The second-order valence-electron chi connectivity index (χ2n) is 3.94. The minimum atomic E-state index is -0.240. The Morgan fingerprint density at radius 2 is 1.82 bits per heavy atom. The molecule has 0 unspecified atom stereocenters. The largest absolute Gasteiger partial charge is 0.489 e. The van der Waals surface area contributed by atoms with Crippen molar-refractivity contribution < 1.29 is 9.13 Å². The Hall–Kier alpha value is -2.09. The molecular formula is C15H11FO. The number of rotatable bonds is 1. The molecule has 1 nitrogen and oxygen atoms in total. The molecule has 84 valence electrons. The first-order chi connectivity index (χ1) is 8.34. The van der Waals surface area contributed by atoms with Crippen LogP contribution < -0.4 is 4.74 Å². The minimum absolute atomic E-state index is 0.240. The second-order valence-corrected chi connectivity index (χ2v) is 3.94. The first kappa shape index (κ1) is 10.1. The third kappa shape index (κ3) is 1.82. The molecule has 0 amide bonds. The standard InChI is InChI=1S/C15H11FO/c16-12-6-7-15-14(10-12)13(8-9-17-15)11-4-2-1-3-5-11/h1-8,10H,9H2. The first-order valence-electron chi connectivity index (χ1n) is 5.53. The average Bonchev–Trinajstić information content (AvgIpc) is 2.39. The molecule has 2 aromatic rings. The maximum atomic E-state index is 13.3. The second kappa shape index (κ2) is 4.06. The van der Waals surface area contributed by atoms with Crippen molar-refractivity contribution in [2.45, 2.75) is 0 Å². The number of ether oxygens (including phenoxy) is 1. The van der Waals surface area contributed by atoms with Crippen LogP contribution in [0.2, 0.25) is 0 Å². The molecule has 1 heterocycles. The van der Waals surface area contributed by atoms with E-state index in [2.05, 4.69) is 0 Å². The lowest BCUT2D eigenvalue weighted by atomic mass is 9.95. The number of halogens is 1. The van der Waals surface area contributed by atoms with Crippen molar-refractivity contribution in [2.75, 3.05) is 6.61 Å². The Kier molecular flexibility index (Phi) is 2.41. The van der Waals surface area contributed by atoms with Gasteiger partial charge >= 0.3 is 0 Å². The Balaban J connectivity index is 2.14. The zero-order chi connectivity index (χ0) is 11.7. The summed E-state index contributed by atoms with van der Waals surface area (Å²) in [6.45, 7) is 0.531. The van der Waals surface area contributed by atoms with Gasteiger partial charge in [0.05, 0.1) is 0 Å². The highest BCUT2D eigenvalue weighted by molar-refractivity contribution is 5.83. The van der Waals surface area contributed by atoms with Gasteiger partial charge in [0.1, 0.15) is 18.2 Å². The van der Waals surface area contributed by atoms with Gasteiger partial charge in [-0.2, -0.15) is 0 Å². The van der Waals surface area contributed by atoms with Crippen molar-refractivity contribution in [3.05, 3.63) is 71.6 Å². The Morgan fingerprint density at radius 1 is 1.00 bits per heavy atom. The summed E-state index contributed by atoms with van der Waals surface area (Å²) in [5, 5.41) is 0. The molecule has 0 bridgehead atoms. The van der Waals surface area contributed by atoms with Gasteiger partial charge in [-0.3, -0.25) is 0 Å². The van der Waals surface area contributed by atoms with Gasteiger partial charge in [-0.05, 0) is 35.4 Å². The molecule has 0 radical (unpaired) electrons. The molecule has 1 aliphatic heterocycles. The van der Waals surface area contributed by atoms with Crippen LogP contribution in [-0.2, 0) is 0 Å². The normalized spacial score (nSPS) is 13.6. The molecule has 17 heavy (non-hydrogen) atoms. The number of fused-ring (bicyclic) bond motifs is 1. The van der Waals surface area contributed by atoms with E-state index in [1.807, 2.05) is 36.4 Å². The number of benzene rings is 2. The van der Waals surface area contributed by atoms with E-state index in [0.29, 0.717) is 6.61 Å². The van der Waals surface area contributed by atoms with Crippen LogP contribution in [0.4, 0.5) is 4.39 Å². The summed E-state index contributed by atoms with van der Waals surface area (Å²) < 4.78 is 18.8. The summed E-state index contributed by atoms with van der Waals surface area (Å²) in [6, 6.07) is 14.6. The molecule has 0 N–H and O–H groups in total. The van der Waals surface area contributed by atoms with Gasteiger partial charge in [0, 0.05) is 5.56 Å². The fourth-order valence-electron chi connectivity index (χ4n) is 2.05. The number of hydrogen-bond acceptors (Lipinski definition) is 1. The predicted octanol–water partition coefficient (Wildman–Crippen LogP) is 3.65. The van der Waals surface area contributed by atoms with Crippen molar-refractivity contribution in [1.29, 1.82) is 0 Å². The zero-order valence-electron chi connectivity index (χ0n) is 9.19. The highest BCUT2D eigenvalue weighted by atomic mass is 19.1. The van der Waals surface area contributed by atoms with Gasteiger partial charge in [-0.15, -0.1) is 0 Å². The Bertz CT molecular complexity index is 573. The fourth-order valence-corrected chi connectivity index (χ4v) is 2.05. The monoisotopic (exact) mass is 226 g/mol. The molecule has 2 heteroatoms. The lowest BCUT2D eigenvalue weighted by molar-refractivity contribution is 0.356. The van der Waals surface area contributed by atoms with E-state index in [-0.39, 0.29) is 5.82 Å². The van der Waals surface area contributed by atoms with E-state index < -0.39 is 0 Å². The first-order valence-corrected chi connectivity index (χ1v) is 5.53. The topological polar surface area (TPSA) is 9.23 Å². The van der Waals surface area contributed by atoms with Crippen molar-refractivity contribution in [3.8, 4) is 5.75 Å². The third-order valence-corrected chi connectivity index (χ3v) is 2.84. The van der Waals surface area contributed by atoms with Crippen molar-refractivity contribution in [1.82, 2.24) is 0 Å². The summed E-state index contributed by atoms with van der Waals surface area (Å²) in [5.41, 5.74) is 2.94. The molecule has 0 atom stereocenters. The van der Waals surface area contributed by atoms with Gasteiger partial charge in [0.2, 0.25) is 0 Å². The summed E-state index contributed by atoms with van der Waals surface area (Å²) >= 11 is 0. The molecule has 0 saturated heterocycles. The summed E-state index contributed by atoms with van der Waals surface area (Å²) in [5.74, 6) is 0.504.